The first-order valence-electron chi connectivity index (χ1n) is 18.7. The lowest BCUT2D eigenvalue weighted by Gasteiger charge is -2.23. The van der Waals surface area contributed by atoms with Crippen LogP contribution in [0.2, 0.25) is 0 Å². The Labute approximate surface area is 341 Å². The Bertz CT molecular complexity index is 2220. The molecule has 4 aromatic heterocycles. The Kier molecular flexibility index (Phi) is 15.0. The summed E-state index contributed by atoms with van der Waals surface area (Å²) >= 11 is 0. The molecule has 22 heteroatoms. The van der Waals surface area contributed by atoms with E-state index in [4.69, 9.17) is 10.2 Å². The molecule has 4 aliphatic heterocycles. The van der Waals surface area contributed by atoms with Crippen LogP contribution in [0.15, 0.2) is 49.1 Å². The summed E-state index contributed by atoms with van der Waals surface area (Å²) in [7, 11) is 0. The second-order valence-electron chi connectivity index (χ2n) is 13.2. The van der Waals surface area contributed by atoms with E-state index in [0.717, 1.165) is 19.6 Å². The molecule has 0 aliphatic carbocycles. The van der Waals surface area contributed by atoms with Gasteiger partial charge in [0.05, 0.1) is 24.6 Å². The number of aryl methyl sites for hydroxylation is 2. The first kappa shape index (κ1) is 43.9. The predicted octanol–water partition coefficient (Wildman–Crippen LogP) is 0.902. The van der Waals surface area contributed by atoms with Crippen LogP contribution in [-0.4, -0.2) is 97.3 Å². The molecule has 0 bridgehead atoms. The van der Waals surface area contributed by atoms with Gasteiger partial charge in [-0.2, -0.15) is 0 Å². The number of carbonyl (C=O) groups is 8. The van der Waals surface area contributed by atoms with E-state index in [0.29, 0.717) is 61.3 Å². The van der Waals surface area contributed by atoms with Gasteiger partial charge in [0.25, 0.3) is 0 Å². The number of aromatic nitrogens is 8. The van der Waals surface area contributed by atoms with Gasteiger partial charge in [0.1, 0.15) is 0 Å². The number of aliphatic hydroxyl groups excluding tert-OH is 2. The van der Waals surface area contributed by atoms with Crippen LogP contribution in [0.3, 0.4) is 0 Å². The van der Waals surface area contributed by atoms with Gasteiger partial charge >= 0.3 is 0 Å². The molecule has 0 atom stereocenters. The minimum Gasteiger partial charge on any atom is -0.390 e. The van der Waals surface area contributed by atoms with Gasteiger partial charge in [-0.05, 0) is 51.0 Å². The van der Waals surface area contributed by atoms with E-state index in [2.05, 4.69) is 39.9 Å². The fourth-order valence-electron chi connectivity index (χ4n) is 5.96. The van der Waals surface area contributed by atoms with Crippen molar-refractivity contribution >= 4 is 71.1 Å². The van der Waals surface area contributed by atoms with Gasteiger partial charge in [-0.25, -0.2) is 59.5 Å². The number of amides is 8. The lowest BCUT2D eigenvalue weighted by atomic mass is 10.1. The summed E-state index contributed by atoms with van der Waals surface area (Å²) in [6.45, 7) is 2.96. The summed E-state index contributed by atoms with van der Waals surface area (Å²) in [5.41, 5.74) is 2.03. The third kappa shape index (κ3) is 11.0. The van der Waals surface area contributed by atoms with Gasteiger partial charge in [0.15, 0.2) is 0 Å². The second kappa shape index (κ2) is 20.5. The third-order valence-corrected chi connectivity index (χ3v) is 8.68. The van der Waals surface area contributed by atoms with Gasteiger partial charge in [0, 0.05) is 87.5 Å². The number of hydrogen-bond acceptors (Lipinski definition) is 18. The van der Waals surface area contributed by atoms with Gasteiger partial charge in [-0.3, -0.25) is 38.4 Å². The predicted molar refractivity (Wildman–Crippen MR) is 206 cm³/mol. The molecule has 312 valence electrons. The fourth-order valence-corrected chi connectivity index (χ4v) is 5.96. The molecule has 0 unspecified atom stereocenters. The van der Waals surface area contributed by atoms with Crippen LogP contribution in [-0.2, 0) is 51.6 Å². The first-order chi connectivity index (χ1) is 28.8. The molecule has 8 heterocycles. The maximum atomic E-state index is 11.7. The molecule has 4 aromatic rings. The van der Waals surface area contributed by atoms with Crippen molar-refractivity contribution in [2.24, 2.45) is 0 Å². The summed E-state index contributed by atoms with van der Waals surface area (Å²) in [5, 5.41) is 18.0. The second-order valence-corrected chi connectivity index (χ2v) is 13.2. The first-order valence-corrected chi connectivity index (χ1v) is 18.7. The molecule has 0 aromatic carbocycles. The van der Waals surface area contributed by atoms with E-state index in [1.54, 1.807) is 38.1 Å². The van der Waals surface area contributed by atoms with E-state index in [1.807, 2.05) is 0 Å². The average Bonchev–Trinajstić information content (AvgIpc) is 3.76. The van der Waals surface area contributed by atoms with Crippen LogP contribution < -0.4 is 19.6 Å². The Hall–Kier alpha value is -7.20. The Morgan fingerprint density at radius 3 is 0.967 bits per heavy atom. The van der Waals surface area contributed by atoms with Crippen LogP contribution in [0.5, 0.6) is 0 Å². The molecular weight excluding hydrogens is 784 g/mol. The van der Waals surface area contributed by atoms with Crippen molar-refractivity contribution in [2.75, 3.05) is 19.6 Å². The standard InChI is InChI=1S/C11H13N3O3.C10H11N3O3.C9H9N3O2.C8H7N3O2/c1-7-5-8(6-15)13-11(12-7)14-9(16)3-2-4-10(14)17;1-6-4-7(5-14)12-10(11-6)13-8(15)2-3-9(13)16;13-7-3-1-4-8(14)12(7)9-10-5-2-6-11-9;12-6-2-3-7(13)11(6)8-9-4-1-5-10-8/h5,15H,2-4,6H2,1H3;4,14H,2-3,5H2,1H3;2,5-6H,1,3-4H2;1,4-5H,2-3H2. The Balaban J connectivity index is 0.000000152. The van der Waals surface area contributed by atoms with Crippen molar-refractivity contribution in [3.8, 4) is 0 Å². The molecule has 8 amide bonds. The zero-order chi connectivity index (χ0) is 43.3. The fraction of sp³-hybridized carbons (Fsp3) is 0.368. The van der Waals surface area contributed by atoms with E-state index < -0.39 is 0 Å². The van der Waals surface area contributed by atoms with Crippen molar-refractivity contribution < 1.29 is 48.6 Å². The van der Waals surface area contributed by atoms with Crippen molar-refractivity contribution in [3.05, 3.63) is 71.8 Å². The van der Waals surface area contributed by atoms with Crippen LogP contribution in [0.1, 0.15) is 87.0 Å². The number of anilines is 4. The molecule has 0 radical (unpaired) electrons. The number of carbonyl (C=O) groups excluding carboxylic acids is 8. The van der Waals surface area contributed by atoms with E-state index in [1.165, 1.54) is 24.8 Å². The molecule has 4 saturated heterocycles. The average molecular weight is 825 g/mol. The molecule has 0 spiro atoms. The van der Waals surface area contributed by atoms with Crippen molar-refractivity contribution in [1.29, 1.82) is 0 Å². The highest BCUT2D eigenvalue weighted by Gasteiger charge is 2.34. The summed E-state index contributed by atoms with van der Waals surface area (Å²) in [4.78, 5) is 127. The highest BCUT2D eigenvalue weighted by molar-refractivity contribution is 6.19. The van der Waals surface area contributed by atoms with Crippen LogP contribution in [0.4, 0.5) is 23.8 Å². The molecule has 0 saturated carbocycles. The summed E-state index contributed by atoms with van der Waals surface area (Å²) in [6.07, 6.45) is 9.59. The number of nitrogens with zero attached hydrogens (tertiary/aromatic N) is 12. The molecule has 60 heavy (non-hydrogen) atoms. The molecule has 22 nitrogen and oxygen atoms in total. The normalized spacial score (nSPS) is 16.6. The van der Waals surface area contributed by atoms with Crippen LogP contribution in [0, 0.1) is 13.8 Å². The van der Waals surface area contributed by atoms with Crippen LogP contribution in [0.25, 0.3) is 0 Å². The SMILES string of the molecule is Cc1cc(CO)nc(N2C(=O)CCC2=O)n1.Cc1cc(CO)nc(N2C(=O)CCCC2=O)n1.O=C1CCC(=O)N1c1ncccn1.O=C1CCCC(=O)N1c1ncccn1. The quantitative estimate of drug-likeness (QED) is 0.255. The highest BCUT2D eigenvalue weighted by Crippen LogP contribution is 2.21. The number of imide groups is 4. The zero-order valence-electron chi connectivity index (χ0n) is 32.6. The third-order valence-electron chi connectivity index (χ3n) is 8.68. The molecule has 2 N–H and O–H groups in total. The summed E-state index contributed by atoms with van der Waals surface area (Å²) in [6, 6.07) is 6.49. The lowest BCUT2D eigenvalue weighted by molar-refractivity contribution is -0.130. The molecule has 4 aliphatic rings. The smallest absolute Gasteiger partial charge is 0.239 e. The largest absolute Gasteiger partial charge is 0.390 e. The molecular formula is C38H40N12O10. The highest BCUT2D eigenvalue weighted by atomic mass is 16.3. The van der Waals surface area contributed by atoms with E-state index in [-0.39, 0.29) is 110 Å². The van der Waals surface area contributed by atoms with Gasteiger partial charge in [0.2, 0.25) is 71.1 Å². The minimum atomic E-state index is -0.292. The van der Waals surface area contributed by atoms with Crippen molar-refractivity contribution in [2.45, 2.75) is 91.3 Å². The maximum Gasteiger partial charge on any atom is 0.239 e. The molecule has 4 fully saturated rings. The van der Waals surface area contributed by atoms with E-state index >= 15 is 0 Å². The molecule has 8 rings (SSSR count). The van der Waals surface area contributed by atoms with Crippen LogP contribution >= 0.6 is 0 Å². The van der Waals surface area contributed by atoms with Gasteiger partial charge in [-0.1, -0.05) is 0 Å². The number of aliphatic hydroxyl groups is 2. The topological polar surface area (TPSA) is 293 Å². The summed E-state index contributed by atoms with van der Waals surface area (Å²) < 4.78 is 0. The number of rotatable bonds is 6. The minimum absolute atomic E-state index is 0.0663. The van der Waals surface area contributed by atoms with Crippen molar-refractivity contribution in [3.63, 3.8) is 0 Å². The lowest BCUT2D eigenvalue weighted by Crippen LogP contribution is -2.41. The monoisotopic (exact) mass is 824 g/mol. The Morgan fingerprint density at radius 2 is 0.683 bits per heavy atom. The summed E-state index contributed by atoms with van der Waals surface area (Å²) in [5.74, 6) is -1.53. The van der Waals surface area contributed by atoms with Gasteiger partial charge < -0.3 is 10.2 Å². The zero-order valence-corrected chi connectivity index (χ0v) is 32.6. The number of hydrogen-bond donors (Lipinski definition) is 2. The Morgan fingerprint density at radius 1 is 0.417 bits per heavy atom. The van der Waals surface area contributed by atoms with E-state index in [9.17, 15) is 38.4 Å². The van der Waals surface area contributed by atoms with Crippen molar-refractivity contribution in [1.82, 2.24) is 39.9 Å². The number of piperidine rings is 2. The van der Waals surface area contributed by atoms with Gasteiger partial charge in [-0.15, -0.1) is 0 Å². The maximum absolute atomic E-state index is 11.7.